The number of halogens is 1. The van der Waals surface area contributed by atoms with Gasteiger partial charge in [-0.25, -0.2) is 4.39 Å². The number of ether oxygens (including phenoxy) is 2. The molecule has 1 unspecified atom stereocenters. The van der Waals surface area contributed by atoms with Crippen LogP contribution in [-0.2, 0) is 24.3 Å². The molecule has 1 amide bonds. The molecular formula is C24H32FN3O3+2. The number of benzene rings is 2. The monoisotopic (exact) mass is 429 g/mol. The Balaban J connectivity index is 1.29. The van der Waals surface area contributed by atoms with Gasteiger partial charge in [-0.2, -0.15) is 0 Å². The van der Waals surface area contributed by atoms with Crippen LogP contribution in [0.4, 0.5) is 4.39 Å². The molecular weight excluding hydrogens is 397 g/mol. The Kier molecular flexibility index (Phi) is 6.73. The molecule has 0 radical (unpaired) electrons. The molecule has 2 aliphatic heterocycles. The first-order valence-electron chi connectivity index (χ1n) is 11.0. The van der Waals surface area contributed by atoms with Gasteiger partial charge in [-0.15, -0.1) is 0 Å². The molecule has 0 spiro atoms. The molecule has 2 heterocycles. The fraction of sp³-hybridized carbons (Fsp3) is 0.458. The molecule has 31 heavy (non-hydrogen) atoms. The zero-order valence-corrected chi connectivity index (χ0v) is 18.4. The Morgan fingerprint density at radius 2 is 1.68 bits per heavy atom. The number of piperazine rings is 1. The predicted molar refractivity (Wildman–Crippen MR) is 115 cm³/mol. The van der Waals surface area contributed by atoms with E-state index in [0.717, 1.165) is 62.8 Å². The highest BCUT2D eigenvalue weighted by molar-refractivity contribution is 5.77. The van der Waals surface area contributed by atoms with Crippen molar-refractivity contribution in [2.45, 2.75) is 19.5 Å². The molecule has 0 aliphatic carbocycles. The topological polar surface area (TPSA) is 47.6 Å². The van der Waals surface area contributed by atoms with Crippen molar-refractivity contribution < 1.29 is 28.5 Å². The summed E-state index contributed by atoms with van der Waals surface area (Å²) in [6.07, 6.45) is 0.929. The van der Waals surface area contributed by atoms with Gasteiger partial charge in [0.05, 0.1) is 46.9 Å². The summed E-state index contributed by atoms with van der Waals surface area (Å²) in [6.45, 7) is 6.12. The molecule has 0 bridgehead atoms. The number of hydrogen-bond donors (Lipinski definition) is 2. The molecule has 2 aromatic carbocycles. The molecule has 1 fully saturated rings. The third-order valence-electron chi connectivity index (χ3n) is 6.52. The molecule has 166 valence electrons. The number of rotatable bonds is 6. The van der Waals surface area contributed by atoms with Crippen molar-refractivity contribution in [3.05, 3.63) is 58.9 Å². The third kappa shape index (κ3) is 4.99. The van der Waals surface area contributed by atoms with Crippen LogP contribution in [0.15, 0.2) is 36.4 Å². The van der Waals surface area contributed by atoms with Crippen molar-refractivity contribution in [3.8, 4) is 11.5 Å². The lowest BCUT2D eigenvalue weighted by atomic mass is 9.98. The van der Waals surface area contributed by atoms with Crippen LogP contribution >= 0.6 is 0 Å². The maximum absolute atomic E-state index is 13.9. The SMILES string of the molecule is COc1cc2c(cc1OC)C[NH+](CC(=O)N1CC[NH+](Cc3ccccc3F)CC1)CC2. The first kappa shape index (κ1) is 21.6. The maximum atomic E-state index is 13.9. The van der Waals surface area contributed by atoms with Crippen molar-refractivity contribution in [1.82, 2.24) is 4.90 Å². The van der Waals surface area contributed by atoms with Gasteiger partial charge in [0.15, 0.2) is 18.0 Å². The molecule has 0 aromatic heterocycles. The second-order valence-corrected chi connectivity index (χ2v) is 8.48. The fourth-order valence-corrected chi connectivity index (χ4v) is 4.67. The van der Waals surface area contributed by atoms with Crippen LogP contribution in [0.3, 0.4) is 0 Å². The number of nitrogens with one attached hydrogen (secondary N) is 2. The fourth-order valence-electron chi connectivity index (χ4n) is 4.67. The van der Waals surface area contributed by atoms with Crippen molar-refractivity contribution in [3.63, 3.8) is 0 Å². The number of carbonyl (C=O) groups excluding carboxylic acids is 1. The highest BCUT2D eigenvalue weighted by Crippen LogP contribution is 2.31. The Labute approximate surface area is 183 Å². The summed E-state index contributed by atoms with van der Waals surface area (Å²) in [5.74, 6) is 1.57. The maximum Gasteiger partial charge on any atom is 0.278 e. The number of nitrogens with zero attached hydrogens (tertiary/aromatic N) is 1. The highest BCUT2D eigenvalue weighted by Gasteiger charge is 2.29. The number of hydrogen-bond acceptors (Lipinski definition) is 3. The van der Waals surface area contributed by atoms with Crippen LogP contribution in [0.25, 0.3) is 0 Å². The molecule has 2 N–H and O–H groups in total. The first-order valence-corrected chi connectivity index (χ1v) is 11.0. The second-order valence-electron chi connectivity index (χ2n) is 8.48. The zero-order chi connectivity index (χ0) is 21.8. The van der Waals surface area contributed by atoms with E-state index in [1.54, 1.807) is 20.3 Å². The van der Waals surface area contributed by atoms with Gasteiger partial charge >= 0.3 is 0 Å². The summed E-state index contributed by atoms with van der Waals surface area (Å²) in [5, 5.41) is 0. The lowest BCUT2D eigenvalue weighted by molar-refractivity contribution is -0.918. The summed E-state index contributed by atoms with van der Waals surface area (Å²) < 4.78 is 24.8. The Bertz CT molecular complexity index is 928. The van der Waals surface area contributed by atoms with E-state index >= 15 is 0 Å². The zero-order valence-electron chi connectivity index (χ0n) is 18.4. The van der Waals surface area contributed by atoms with Gasteiger partial charge in [0.25, 0.3) is 5.91 Å². The minimum absolute atomic E-state index is 0.142. The van der Waals surface area contributed by atoms with Crippen LogP contribution in [0.5, 0.6) is 11.5 Å². The largest absolute Gasteiger partial charge is 0.493 e. The van der Waals surface area contributed by atoms with Gasteiger partial charge in [0.2, 0.25) is 0 Å². The van der Waals surface area contributed by atoms with E-state index in [1.807, 2.05) is 23.1 Å². The van der Waals surface area contributed by atoms with Gasteiger partial charge in [-0.05, 0) is 23.8 Å². The first-order chi connectivity index (χ1) is 15.1. The summed E-state index contributed by atoms with van der Waals surface area (Å²) in [5.41, 5.74) is 3.26. The van der Waals surface area contributed by atoms with Gasteiger partial charge in [0.1, 0.15) is 18.9 Å². The number of carbonyl (C=O) groups is 1. The van der Waals surface area contributed by atoms with Crippen molar-refractivity contribution in [2.24, 2.45) is 0 Å². The molecule has 1 saturated heterocycles. The van der Waals surface area contributed by atoms with Crippen LogP contribution < -0.4 is 19.3 Å². The number of methoxy groups -OCH3 is 2. The second kappa shape index (κ2) is 9.66. The van der Waals surface area contributed by atoms with Crippen molar-refractivity contribution >= 4 is 5.91 Å². The van der Waals surface area contributed by atoms with Crippen molar-refractivity contribution in [2.75, 3.05) is 53.5 Å². The quantitative estimate of drug-likeness (QED) is 0.664. The molecule has 4 rings (SSSR count). The van der Waals surface area contributed by atoms with E-state index in [0.29, 0.717) is 13.1 Å². The molecule has 2 aliphatic rings. The lowest BCUT2D eigenvalue weighted by Gasteiger charge is -2.33. The Hall–Kier alpha value is -2.64. The molecule has 1 atom stereocenters. The summed E-state index contributed by atoms with van der Waals surface area (Å²) >= 11 is 0. The number of amides is 1. The van der Waals surface area contributed by atoms with Crippen LogP contribution in [0, 0.1) is 5.82 Å². The molecule has 2 aromatic rings. The molecule has 6 nitrogen and oxygen atoms in total. The Morgan fingerprint density at radius 1 is 1.00 bits per heavy atom. The van der Waals surface area contributed by atoms with Crippen LogP contribution in [-0.4, -0.2) is 64.3 Å². The smallest absolute Gasteiger partial charge is 0.278 e. The van der Waals surface area contributed by atoms with Crippen LogP contribution in [0.1, 0.15) is 16.7 Å². The average Bonchev–Trinajstić information content (AvgIpc) is 2.80. The summed E-state index contributed by atoms with van der Waals surface area (Å²) in [6, 6.07) is 11.1. The van der Waals surface area contributed by atoms with E-state index in [2.05, 4.69) is 6.07 Å². The standard InChI is InChI=1S/C24H30FN3O3/c1-30-22-13-18-7-8-27(16-20(18)14-23(22)31-2)17-24(29)28-11-9-26(10-12-28)15-19-5-3-4-6-21(19)25/h3-6,13-14H,7-12,15-17H2,1-2H3/p+2. The average molecular weight is 430 g/mol. The summed E-state index contributed by atoms with van der Waals surface area (Å²) in [7, 11) is 3.30. The number of quaternary nitrogens is 2. The van der Waals surface area contributed by atoms with E-state index in [-0.39, 0.29) is 11.7 Å². The lowest BCUT2D eigenvalue weighted by Crippen LogP contribution is -3.14. The van der Waals surface area contributed by atoms with Crippen LogP contribution in [0.2, 0.25) is 0 Å². The molecule has 0 saturated carbocycles. The van der Waals surface area contributed by atoms with E-state index in [9.17, 15) is 9.18 Å². The van der Waals surface area contributed by atoms with Crippen molar-refractivity contribution in [1.29, 1.82) is 0 Å². The minimum atomic E-state index is -0.142. The number of fused-ring (bicyclic) bond motifs is 1. The van der Waals surface area contributed by atoms with E-state index in [4.69, 9.17) is 9.47 Å². The summed E-state index contributed by atoms with van der Waals surface area (Å²) in [4.78, 5) is 17.5. The van der Waals surface area contributed by atoms with Gasteiger partial charge in [-0.3, -0.25) is 4.79 Å². The predicted octanol–water partition coefficient (Wildman–Crippen LogP) is -0.289. The van der Waals surface area contributed by atoms with E-state index < -0.39 is 0 Å². The minimum Gasteiger partial charge on any atom is -0.493 e. The van der Waals surface area contributed by atoms with Gasteiger partial charge in [0, 0.05) is 17.5 Å². The van der Waals surface area contributed by atoms with E-state index in [1.165, 1.54) is 27.0 Å². The normalized spacial score (nSPS) is 19.1. The highest BCUT2D eigenvalue weighted by atomic mass is 19.1. The third-order valence-corrected chi connectivity index (χ3v) is 6.52. The Morgan fingerprint density at radius 3 is 2.35 bits per heavy atom. The molecule has 7 heteroatoms. The van der Waals surface area contributed by atoms with Gasteiger partial charge < -0.3 is 24.2 Å². The van der Waals surface area contributed by atoms with Gasteiger partial charge in [-0.1, -0.05) is 18.2 Å².